The Labute approximate surface area is 112 Å². The van der Waals surface area contributed by atoms with Crippen molar-refractivity contribution in [1.29, 1.82) is 0 Å². The van der Waals surface area contributed by atoms with Crippen molar-refractivity contribution in [2.75, 3.05) is 32.8 Å². The van der Waals surface area contributed by atoms with Gasteiger partial charge < -0.3 is 15.0 Å². The fourth-order valence-corrected chi connectivity index (χ4v) is 3.16. The van der Waals surface area contributed by atoms with Gasteiger partial charge in [0.15, 0.2) is 0 Å². The molecule has 2 aliphatic heterocycles. The van der Waals surface area contributed by atoms with Gasteiger partial charge in [-0.2, -0.15) is 0 Å². The molecule has 0 radical (unpaired) electrons. The van der Waals surface area contributed by atoms with Crippen LogP contribution in [0.4, 0.5) is 0 Å². The van der Waals surface area contributed by atoms with Crippen LogP contribution in [-0.2, 0) is 4.74 Å². The lowest BCUT2D eigenvalue weighted by atomic mass is 9.97. The van der Waals surface area contributed by atoms with Gasteiger partial charge in [-0.15, -0.1) is 0 Å². The maximum Gasteiger partial charge on any atom is 0.0509 e. The molecule has 2 unspecified atom stereocenters. The molecule has 0 aliphatic carbocycles. The fraction of sp³-hybridized carbons (Fsp3) is 1.00. The van der Waals surface area contributed by atoms with Crippen LogP contribution >= 0.6 is 0 Å². The zero-order valence-corrected chi connectivity index (χ0v) is 12.2. The summed E-state index contributed by atoms with van der Waals surface area (Å²) in [5.41, 5.74) is 0. The Bertz CT molecular complexity index is 221. The molecule has 0 amide bonds. The predicted molar refractivity (Wildman–Crippen MR) is 75.9 cm³/mol. The highest BCUT2D eigenvalue weighted by Crippen LogP contribution is 2.19. The van der Waals surface area contributed by atoms with E-state index in [1.807, 2.05) is 0 Å². The summed E-state index contributed by atoms with van der Waals surface area (Å²) in [5.74, 6) is 0.739. The van der Waals surface area contributed by atoms with Crippen molar-refractivity contribution in [1.82, 2.24) is 10.2 Å². The SMILES string of the molecule is CCCCN1CCC(NC(C)C2CCOC2)CC1. The number of rotatable bonds is 6. The van der Waals surface area contributed by atoms with E-state index in [1.54, 1.807) is 0 Å². The van der Waals surface area contributed by atoms with E-state index in [0.717, 1.165) is 25.2 Å². The van der Waals surface area contributed by atoms with E-state index >= 15 is 0 Å². The summed E-state index contributed by atoms with van der Waals surface area (Å²) >= 11 is 0. The van der Waals surface area contributed by atoms with E-state index in [9.17, 15) is 0 Å². The van der Waals surface area contributed by atoms with Gasteiger partial charge in [0.25, 0.3) is 0 Å². The summed E-state index contributed by atoms with van der Waals surface area (Å²) in [5, 5.41) is 3.83. The summed E-state index contributed by atoms with van der Waals surface area (Å²) in [6.45, 7) is 10.4. The maximum absolute atomic E-state index is 5.48. The maximum atomic E-state index is 5.48. The largest absolute Gasteiger partial charge is 0.381 e. The molecule has 0 aromatic heterocycles. The fourth-order valence-electron chi connectivity index (χ4n) is 3.16. The summed E-state index contributed by atoms with van der Waals surface area (Å²) < 4.78 is 5.48. The second-order valence-electron chi connectivity index (χ2n) is 6.05. The van der Waals surface area contributed by atoms with Crippen LogP contribution in [0, 0.1) is 5.92 Å². The molecule has 3 nitrogen and oxygen atoms in total. The minimum absolute atomic E-state index is 0.625. The molecule has 0 bridgehead atoms. The summed E-state index contributed by atoms with van der Waals surface area (Å²) in [4.78, 5) is 2.63. The smallest absolute Gasteiger partial charge is 0.0509 e. The van der Waals surface area contributed by atoms with Crippen molar-refractivity contribution in [3.8, 4) is 0 Å². The Balaban J connectivity index is 1.63. The van der Waals surface area contributed by atoms with Gasteiger partial charge in [-0.05, 0) is 58.2 Å². The highest BCUT2D eigenvalue weighted by Gasteiger charge is 2.26. The average molecular weight is 254 g/mol. The monoisotopic (exact) mass is 254 g/mol. The molecular weight excluding hydrogens is 224 g/mol. The Hall–Kier alpha value is -0.120. The third-order valence-corrected chi connectivity index (χ3v) is 4.59. The van der Waals surface area contributed by atoms with Crippen LogP contribution < -0.4 is 5.32 Å². The van der Waals surface area contributed by atoms with Gasteiger partial charge in [0.1, 0.15) is 0 Å². The zero-order valence-electron chi connectivity index (χ0n) is 12.2. The molecule has 2 fully saturated rings. The van der Waals surface area contributed by atoms with Crippen LogP contribution in [0.25, 0.3) is 0 Å². The average Bonchev–Trinajstić information content (AvgIpc) is 2.92. The number of piperidine rings is 1. The van der Waals surface area contributed by atoms with Gasteiger partial charge in [-0.25, -0.2) is 0 Å². The zero-order chi connectivity index (χ0) is 12.8. The molecule has 2 atom stereocenters. The molecule has 106 valence electrons. The standard InChI is InChI=1S/C15H30N2O/c1-3-4-8-17-9-5-15(6-10-17)16-13(2)14-7-11-18-12-14/h13-16H,3-12H2,1-2H3. The van der Waals surface area contributed by atoms with Gasteiger partial charge in [0.2, 0.25) is 0 Å². The number of hydrogen-bond acceptors (Lipinski definition) is 3. The number of nitrogens with one attached hydrogen (secondary N) is 1. The van der Waals surface area contributed by atoms with Gasteiger partial charge in [-0.1, -0.05) is 13.3 Å². The topological polar surface area (TPSA) is 24.5 Å². The summed E-state index contributed by atoms with van der Waals surface area (Å²) in [6.07, 6.45) is 6.55. The Morgan fingerprint density at radius 2 is 2.06 bits per heavy atom. The number of nitrogens with zero attached hydrogens (tertiary/aromatic N) is 1. The van der Waals surface area contributed by atoms with Crippen LogP contribution in [0.2, 0.25) is 0 Å². The van der Waals surface area contributed by atoms with Crippen LogP contribution in [-0.4, -0.2) is 49.8 Å². The molecule has 2 saturated heterocycles. The van der Waals surface area contributed by atoms with Crippen molar-refractivity contribution in [2.24, 2.45) is 5.92 Å². The predicted octanol–water partition coefficient (Wildman–Crippen LogP) is 2.27. The molecular formula is C15H30N2O. The first kappa shape index (κ1) is 14.3. The molecule has 1 N–H and O–H groups in total. The number of unbranched alkanes of at least 4 members (excludes halogenated alkanes) is 1. The molecule has 2 aliphatic rings. The Morgan fingerprint density at radius 3 is 2.67 bits per heavy atom. The van der Waals surface area contributed by atoms with Gasteiger partial charge >= 0.3 is 0 Å². The van der Waals surface area contributed by atoms with Gasteiger partial charge in [0, 0.05) is 18.7 Å². The van der Waals surface area contributed by atoms with E-state index in [1.165, 1.54) is 51.7 Å². The molecule has 18 heavy (non-hydrogen) atoms. The highest BCUT2D eigenvalue weighted by atomic mass is 16.5. The van der Waals surface area contributed by atoms with Crippen LogP contribution in [0.5, 0.6) is 0 Å². The lowest BCUT2D eigenvalue weighted by Gasteiger charge is -2.35. The molecule has 2 heterocycles. The minimum atomic E-state index is 0.625. The van der Waals surface area contributed by atoms with Crippen LogP contribution in [0.1, 0.15) is 46.0 Å². The van der Waals surface area contributed by atoms with Crippen molar-refractivity contribution in [3.05, 3.63) is 0 Å². The van der Waals surface area contributed by atoms with E-state index in [-0.39, 0.29) is 0 Å². The van der Waals surface area contributed by atoms with Crippen molar-refractivity contribution in [2.45, 2.75) is 58.0 Å². The number of hydrogen-bond donors (Lipinski definition) is 1. The third kappa shape index (κ3) is 4.22. The van der Waals surface area contributed by atoms with E-state index in [2.05, 4.69) is 24.1 Å². The number of ether oxygens (including phenoxy) is 1. The summed E-state index contributed by atoms with van der Waals surface area (Å²) in [6, 6.07) is 1.36. The van der Waals surface area contributed by atoms with Gasteiger partial charge in [0.05, 0.1) is 6.61 Å². The number of likely N-dealkylation sites (tertiary alicyclic amines) is 1. The van der Waals surface area contributed by atoms with Crippen molar-refractivity contribution < 1.29 is 4.74 Å². The second kappa shape index (κ2) is 7.46. The molecule has 2 rings (SSSR count). The first-order valence-electron chi connectivity index (χ1n) is 7.85. The molecule has 0 aromatic carbocycles. The Kier molecular flexibility index (Phi) is 5.93. The van der Waals surface area contributed by atoms with E-state index in [4.69, 9.17) is 4.74 Å². The minimum Gasteiger partial charge on any atom is -0.381 e. The molecule has 0 saturated carbocycles. The second-order valence-corrected chi connectivity index (χ2v) is 6.05. The molecule has 3 heteroatoms. The lowest BCUT2D eigenvalue weighted by molar-refractivity contribution is 0.162. The normalized spacial score (nSPS) is 28.7. The third-order valence-electron chi connectivity index (χ3n) is 4.59. The van der Waals surface area contributed by atoms with Crippen LogP contribution in [0.15, 0.2) is 0 Å². The highest BCUT2D eigenvalue weighted by molar-refractivity contribution is 4.83. The quantitative estimate of drug-likeness (QED) is 0.787. The van der Waals surface area contributed by atoms with Crippen LogP contribution in [0.3, 0.4) is 0 Å². The molecule has 0 spiro atoms. The first-order chi connectivity index (χ1) is 8.79. The van der Waals surface area contributed by atoms with E-state index in [0.29, 0.717) is 6.04 Å². The van der Waals surface area contributed by atoms with E-state index < -0.39 is 0 Å². The lowest BCUT2D eigenvalue weighted by Crippen LogP contribution is -2.47. The summed E-state index contributed by atoms with van der Waals surface area (Å²) in [7, 11) is 0. The van der Waals surface area contributed by atoms with Crippen molar-refractivity contribution >= 4 is 0 Å². The first-order valence-corrected chi connectivity index (χ1v) is 7.85. The van der Waals surface area contributed by atoms with Gasteiger partial charge in [-0.3, -0.25) is 0 Å². The molecule has 0 aromatic rings. The Morgan fingerprint density at radius 1 is 1.28 bits per heavy atom. The van der Waals surface area contributed by atoms with Crippen molar-refractivity contribution in [3.63, 3.8) is 0 Å².